The van der Waals surface area contributed by atoms with Gasteiger partial charge in [0.1, 0.15) is 0 Å². The lowest BCUT2D eigenvalue weighted by Gasteiger charge is -2.08. The number of ether oxygens (including phenoxy) is 1. The van der Waals surface area contributed by atoms with Crippen molar-refractivity contribution in [2.24, 2.45) is 0 Å². The van der Waals surface area contributed by atoms with Crippen LogP contribution < -0.4 is 5.73 Å². The highest BCUT2D eigenvalue weighted by Gasteiger charge is 2.14. The molecule has 0 spiro atoms. The van der Waals surface area contributed by atoms with E-state index in [1.54, 1.807) is 24.5 Å². The Morgan fingerprint density at radius 3 is 2.94 bits per heavy atom. The zero-order chi connectivity index (χ0) is 11.7. The number of nitrogens with zero attached hydrogens (tertiary/aromatic N) is 1. The summed E-state index contributed by atoms with van der Waals surface area (Å²) in [6.45, 7) is 0. The Morgan fingerprint density at radius 2 is 2.25 bits per heavy atom. The summed E-state index contributed by atoms with van der Waals surface area (Å²) >= 11 is 3.38. The number of carbonyl (C=O) groups excluding carboxylic acids is 1. The number of nitrogen functional groups attached to an aromatic ring is 1. The van der Waals surface area contributed by atoms with Gasteiger partial charge in [-0.05, 0) is 12.1 Å². The lowest BCUT2D eigenvalue weighted by atomic mass is 10.1. The summed E-state index contributed by atoms with van der Waals surface area (Å²) in [5.74, 6) is -0.447. The summed E-state index contributed by atoms with van der Waals surface area (Å²) < 4.78 is 5.43. The van der Waals surface area contributed by atoms with Gasteiger partial charge >= 0.3 is 5.97 Å². The molecule has 16 heavy (non-hydrogen) atoms. The zero-order valence-electron chi connectivity index (χ0n) is 8.53. The minimum absolute atomic E-state index is 0.355. The Morgan fingerprint density at radius 1 is 1.50 bits per heavy atom. The first-order valence-electron chi connectivity index (χ1n) is 4.55. The van der Waals surface area contributed by atoms with Gasteiger partial charge in [0, 0.05) is 27.6 Å². The molecule has 1 aromatic heterocycles. The molecule has 0 bridgehead atoms. The summed E-state index contributed by atoms with van der Waals surface area (Å²) in [6, 6.07) is 3.41. The van der Waals surface area contributed by atoms with E-state index in [0.717, 1.165) is 15.2 Å². The van der Waals surface area contributed by atoms with Gasteiger partial charge in [-0.25, -0.2) is 4.79 Å². The van der Waals surface area contributed by atoms with Crippen molar-refractivity contribution < 1.29 is 9.53 Å². The minimum atomic E-state index is -0.447. The number of aromatic nitrogens is 1. The monoisotopic (exact) mass is 280 g/mol. The molecule has 0 atom stereocenters. The molecule has 0 unspecified atom stereocenters. The van der Waals surface area contributed by atoms with E-state index >= 15 is 0 Å². The average Bonchev–Trinajstić information content (AvgIpc) is 2.33. The van der Waals surface area contributed by atoms with Crippen LogP contribution in [0.15, 0.2) is 29.0 Å². The molecule has 4 nitrogen and oxygen atoms in total. The van der Waals surface area contributed by atoms with Crippen LogP contribution >= 0.6 is 15.9 Å². The predicted molar refractivity (Wildman–Crippen MR) is 65.2 cm³/mol. The number of fused-ring (bicyclic) bond motifs is 1. The lowest BCUT2D eigenvalue weighted by Crippen LogP contribution is -2.06. The fraction of sp³-hybridized carbons (Fsp3) is 0.0909. The van der Waals surface area contributed by atoms with Crippen molar-refractivity contribution in [3.63, 3.8) is 0 Å². The number of methoxy groups -OCH3 is 1. The van der Waals surface area contributed by atoms with E-state index in [4.69, 9.17) is 5.73 Å². The van der Waals surface area contributed by atoms with Crippen LogP contribution in [0.2, 0.25) is 0 Å². The number of esters is 1. The maximum absolute atomic E-state index is 11.5. The van der Waals surface area contributed by atoms with E-state index in [9.17, 15) is 4.79 Å². The molecule has 0 saturated heterocycles. The van der Waals surface area contributed by atoms with Gasteiger partial charge in [-0.1, -0.05) is 15.9 Å². The molecule has 0 aliphatic carbocycles. The molecule has 2 N–H and O–H groups in total. The SMILES string of the molecule is COC(=O)c1cc(Br)c2cnccc2c1N. The minimum Gasteiger partial charge on any atom is -0.465 e. The lowest BCUT2D eigenvalue weighted by molar-refractivity contribution is 0.0602. The Labute approximate surface area is 101 Å². The highest BCUT2D eigenvalue weighted by Crippen LogP contribution is 2.31. The number of pyridine rings is 1. The topological polar surface area (TPSA) is 65.2 Å². The van der Waals surface area contributed by atoms with Crippen LogP contribution in [0.1, 0.15) is 10.4 Å². The largest absolute Gasteiger partial charge is 0.465 e. The molecular formula is C11H9BrN2O2. The van der Waals surface area contributed by atoms with Crippen LogP contribution in [-0.4, -0.2) is 18.1 Å². The third-order valence-electron chi connectivity index (χ3n) is 2.34. The smallest absolute Gasteiger partial charge is 0.340 e. The Balaban J connectivity index is 2.80. The van der Waals surface area contributed by atoms with E-state index in [0.29, 0.717) is 11.3 Å². The Kier molecular flexibility index (Phi) is 2.78. The van der Waals surface area contributed by atoms with Gasteiger partial charge in [-0.15, -0.1) is 0 Å². The number of carbonyl (C=O) groups is 1. The third kappa shape index (κ3) is 1.63. The van der Waals surface area contributed by atoms with Gasteiger partial charge in [0.2, 0.25) is 0 Å². The summed E-state index contributed by atoms with van der Waals surface area (Å²) in [6.07, 6.45) is 3.32. The molecule has 0 amide bonds. The van der Waals surface area contributed by atoms with Crippen molar-refractivity contribution >= 4 is 38.4 Å². The maximum Gasteiger partial charge on any atom is 0.340 e. The molecule has 1 aromatic carbocycles. The molecular weight excluding hydrogens is 272 g/mol. The standard InChI is InChI=1S/C11H9BrN2O2/c1-16-11(15)7-4-9(12)8-5-14-3-2-6(8)10(7)13/h2-5H,13H2,1H3. The highest BCUT2D eigenvalue weighted by atomic mass is 79.9. The first kappa shape index (κ1) is 10.9. The summed E-state index contributed by atoms with van der Waals surface area (Å²) in [5, 5.41) is 1.65. The summed E-state index contributed by atoms with van der Waals surface area (Å²) in [4.78, 5) is 15.5. The van der Waals surface area contributed by atoms with Crippen LogP contribution in [0.5, 0.6) is 0 Å². The number of nitrogens with two attached hydrogens (primary N) is 1. The van der Waals surface area contributed by atoms with Crippen LogP contribution in [0.25, 0.3) is 10.8 Å². The summed E-state index contributed by atoms with van der Waals surface area (Å²) in [7, 11) is 1.33. The van der Waals surface area contributed by atoms with Crippen molar-refractivity contribution in [2.45, 2.75) is 0 Å². The molecule has 0 aliphatic rings. The van der Waals surface area contributed by atoms with Crippen molar-refractivity contribution in [3.8, 4) is 0 Å². The van der Waals surface area contributed by atoms with E-state index < -0.39 is 5.97 Å². The molecule has 0 aliphatic heterocycles. The number of rotatable bonds is 1. The number of hydrogen-bond donors (Lipinski definition) is 1. The van der Waals surface area contributed by atoms with Crippen molar-refractivity contribution in [1.82, 2.24) is 4.98 Å². The average molecular weight is 281 g/mol. The molecule has 2 rings (SSSR count). The van der Waals surface area contributed by atoms with Crippen molar-refractivity contribution in [1.29, 1.82) is 0 Å². The fourth-order valence-corrected chi connectivity index (χ4v) is 2.07. The second-order valence-corrected chi connectivity index (χ2v) is 4.09. The van der Waals surface area contributed by atoms with E-state index in [-0.39, 0.29) is 0 Å². The Hall–Kier alpha value is -1.62. The number of hydrogen-bond acceptors (Lipinski definition) is 4. The molecule has 82 valence electrons. The highest BCUT2D eigenvalue weighted by molar-refractivity contribution is 9.10. The predicted octanol–water partition coefficient (Wildman–Crippen LogP) is 2.37. The number of benzene rings is 1. The van der Waals surface area contributed by atoms with E-state index in [1.165, 1.54) is 7.11 Å². The quantitative estimate of drug-likeness (QED) is 0.643. The van der Waals surface area contributed by atoms with Crippen molar-refractivity contribution in [2.75, 3.05) is 12.8 Å². The van der Waals surface area contributed by atoms with E-state index in [2.05, 4.69) is 25.7 Å². The van der Waals surface area contributed by atoms with Gasteiger partial charge in [0.15, 0.2) is 0 Å². The van der Waals surface area contributed by atoms with Gasteiger partial charge in [0.25, 0.3) is 0 Å². The van der Waals surface area contributed by atoms with Crippen LogP contribution in [-0.2, 0) is 4.74 Å². The maximum atomic E-state index is 11.5. The number of anilines is 1. The van der Waals surface area contributed by atoms with Crippen LogP contribution in [0.3, 0.4) is 0 Å². The molecule has 0 radical (unpaired) electrons. The van der Waals surface area contributed by atoms with Crippen molar-refractivity contribution in [3.05, 3.63) is 34.6 Å². The molecule has 0 saturated carbocycles. The zero-order valence-corrected chi connectivity index (χ0v) is 10.1. The molecule has 1 heterocycles. The fourth-order valence-electron chi connectivity index (χ4n) is 1.53. The van der Waals surface area contributed by atoms with E-state index in [1.807, 2.05) is 0 Å². The summed E-state index contributed by atoms with van der Waals surface area (Å²) in [5.41, 5.74) is 6.68. The Bertz CT molecular complexity index is 569. The second-order valence-electron chi connectivity index (χ2n) is 3.23. The normalized spacial score (nSPS) is 10.4. The van der Waals surface area contributed by atoms with Crippen LogP contribution in [0.4, 0.5) is 5.69 Å². The van der Waals surface area contributed by atoms with Crippen LogP contribution in [0, 0.1) is 0 Å². The second kappa shape index (κ2) is 4.09. The molecule has 5 heteroatoms. The third-order valence-corrected chi connectivity index (χ3v) is 2.99. The van der Waals surface area contributed by atoms with Gasteiger partial charge in [-0.2, -0.15) is 0 Å². The molecule has 0 fully saturated rings. The van der Waals surface area contributed by atoms with Gasteiger partial charge in [-0.3, -0.25) is 4.98 Å². The van der Waals surface area contributed by atoms with Gasteiger partial charge < -0.3 is 10.5 Å². The first-order valence-corrected chi connectivity index (χ1v) is 5.34. The van der Waals surface area contributed by atoms with Gasteiger partial charge in [0.05, 0.1) is 18.4 Å². The first-order chi connectivity index (χ1) is 7.65. The number of halogens is 1. The molecule has 2 aromatic rings.